The van der Waals surface area contributed by atoms with Crippen molar-refractivity contribution in [2.24, 2.45) is 12.0 Å². The lowest BCUT2D eigenvalue weighted by Crippen LogP contribution is -2.20. The van der Waals surface area contributed by atoms with Gasteiger partial charge < -0.3 is 9.30 Å². The first-order valence-electron chi connectivity index (χ1n) is 7.86. The zero-order chi connectivity index (χ0) is 19.5. The smallest absolute Gasteiger partial charge is 0.350 e. The number of carbonyl (C=O) groups is 2. The summed E-state index contributed by atoms with van der Waals surface area (Å²) in [6.45, 7) is 5.48. The highest BCUT2D eigenvalue weighted by Gasteiger charge is 2.20. The van der Waals surface area contributed by atoms with E-state index in [2.05, 4.69) is 4.99 Å². The highest BCUT2D eigenvalue weighted by Crippen LogP contribution is 2.14. The van der Waals surface area contributed by atoms with Crippen molar-refractivity contribution in [3.8, 4) is 0 Å². The van der Waals surface area contributed by atoms with Crippen LogP contribution < -0.4 is 4.80 Å². The van der Waals surface area contributed by atoms with Crippen molar-refractivity contribution >= 4 is 33.1 Å². The molecule has 0 N–H and O–H groups in total. The van der Waals surface area contributed by atoms with E-state index in [0.29, 0.717) is 10.6 Å². The molecule has 0 atom stereocenters. The van der Waals surface area contributed by atoms with Gasteiger partial charge in [0.25, 0.3) is 5.91 Å². The van der Waals surface area contributed by atoms with Crippen LogP contribution in [-0.4, -0.2) is 37.2 Å². The molecule has 2 aromatic rings. The average molecular weight is 396 g/mol. The maximum absolute atomic E-state index is 12.3. The number of esters is 1. The zero-order valence-corrected chi connectivity index (χ0v) is 16.6. The largest absolute Gasteiger partial charge is 0.462 e. The summed E-state index contributed by atoms with van der Waals surface area (Å²) in [7, 11) is -2.13. The number of nitrogens with zero attached hydrogens (tertiary/aromatic N) is 2. The summed E-state index contributed by atoms with van der Waals surface area (Å²) in [4.78, 5) is 28.6. The molecule has 9 heteroatoms. The third-order valence-electron chi connectivity index (χ3n) is 3.69. The van der Waals surface area contributed by atoms with Crippen LogP contribution in [0.3, 0.4) is 0 Å². The summed E-state index contributed by atoms with van der Waals surface area (Å²) in [6, 6.07) is 6.27. The summed E-state index contributed by atoms with van der Waals surface area (Å²) in [5.41, 5.74) is 1.52. The SMILES string of the molecule is CCOC(=O)c1sc(=NC(=O)CS(=O)(=O)c2ccc(C)cc2)n(C)c1C. The third kappa shape index (κ3) is 4.47. The number of benzene rings is 1. The molecule has 0 bridgehead atoms. The number of sulfone groups is 1. The molecule has 0 aliphatic heterocycles. The van der Waals surface area contributed by atoms with Crippen LogP contribution in [-0.2, 0) is 26.4 Å². The Bertz CT molecular complexity index is 999. The first-order chi connectivity index (χ1) is 12.2. The molecule has 7 nitrogen and oxygen atoms in total. The Balaban J connectivity index is 2.30. The van der Waals surface area contributed by atoms with Gasteiger partial charge in [-0.3, -0.25) is 4.79 Å². The van der Waals surface area contributed by atoms with Crippen LogP contribution in [0.15, 0.2) is 34.2 Å². The van der Waals surface area contributed by atoms with Crippen LogP contribution in [0.2, 0.25) is 0 Å². The molecule has 0 unspecified atom stereocenters. The van der Waals surface area contributed by atoms with Gasteiger partial charge in [0.1, 0.15) is 10.6 Å². The van der Waals surface area contributed by atoms with Crippen LogP contribution in [0, 0.1) is 13.8 Å². The summed E-state index contributed by atoms with van der Waals surface area (Å²) >= 11 is 0.992. The minimum Gasteiger partial charge on any atom is -0.462 e. The minimum atomic E-state index is -3.78. The van der Waals surface area contributed by atoms with Crippen LogP contribution >= 0.6 is 11.3 Å². The molecule has 0 aliphatic carbocycles. The molecule has 0 spiro atoms. The Kier molecular flexibility index (Phi) is 6.14. The molecule has 1 aromatic carbocycles. The van der Waals surface area contributed by atoms with Crippen molar-refractivity contribution in [2.45, 2.75) is 25.7 Å². The first kappa shape index (κ1) is 20.1. The van der Waals surface area contributed by atoms with Gasteiger partial charge in [0.2, 0.25) is 0 Å². The maximum Gasteiger partial charge on any atom is 0.350 e. The van der Waals surface area contributed by atoms with Crippen molar-refractivity contribution in [3.63, 3.8) is 0 Å². The molecule has 2 rings (SSSR count). The van der Waals surface area contributed by atoms with E-state index >= 15 is 0 Å². The zero-order valence-electron chi connectivity index (χ0n) is 15.0. The third-order valence-corrected chi connectivity index (χ3v) is 6.52. The highest BCUT2D eigenvalue weighted by atomic mass is 32.2. The second-order valence-electron chi connectivity index (χ2n) is 5.66. The molecule has 1 heterocycles. The lowest BCUT2D eigenvalue weighted by Gasteiger charge is -2.02. The van der Waals surface area contributed by atoms with Crippen LogP contribution in [0.5, 0.6) is 0 Å². The summed E-state index contributed by atoms with van der Waals surface area (Å²) in [5, 5.41) is 0. The predicted molar refractivity (Wildman–Crippen MR) is 97.8 cm³/mol. The second-order valence-corrected chi connectivity index (χ2v) is 8.62. The van der Waals surface area contributed by atoms with Crippen molar-refractivity contribution in [1.29, 1.82) is 0 Å². The number of hydrogen-bond donors (Lipinski definition) is 0. The molecule has 0 fully saturated rings. The monoisotopic (exact) mass is 396 g/mol. The van der Waals surface area contributed by atoms with Gasteiger partial charge in [0.05, 0.1) is 11.5 Å². The fourth-order valence-electron chi connectivity index (χ4n) is 2.14. The molecule has 26 heavy (non-hydrogen) atoms. The van der Waals surface area contributed by atoms with E-state index in [1.165, 1.54) is 12.1 Å². The molecule has 0 aliphatic rings. The molecule has 1 amide bonds. The Morgan fingerprint density at radius 1 is 1.19 bits per heavy atom. The van der Waals surface area contributed by atoms with E-state index in [-0.39, 0.29) is 16.3 Å². The van der Waals surface area contributed by atoms with Gasteiger partial charge in [0, 0.05) is 12.7 Å². The Morgan fingerprint density at radius 2 is 1.81 bits per heavy atom. The Labute approximate surface area is 155 Å². The van der Waals surface area contributed by atoms with E-state index in [1.54, 1.807) is 37.6 Å². The van der Waals surface area contributed by atoms with E-state index < -0.39 is 27.5 Å². The minimum absolute atomic E-state index is 0.0746. The lowest BCUT2D eigenvalue weighted by molar-refractivity contribution is -0.115. The Morgan fingerprint density at radius 3 is 2.38 bits per heavy atom. The predicted octanol–water partition coefficient (Wildman–Crippen LogP) is 1.78. The molecule has 0 radical (unpaired) electrons. The molecular formula is C17H20N2O5S2. The van der Waals surface area contributed by atoms with Crippen LogP contribution in [0.4, 0.5) is 0 Å². The summed E-state index contributed by atoms with van der Waals surface area (Å²) in [6.07, 6.45) is 0. The molecular weight excluding hydrogens is 376 g/mol. The lowest BCUT2D eigenvalue weighted by atomic mass is 10.2. The fourth-order valence-corrected chi connectivity index (χ4v) is 4.28. The van der Waals surface area contributed by atoms with Gasteiger partial charge in [-0.05, 0) is 32.9 Å². The van der Waals surface area contributed by atoms with Crippen molar-refractivity contribution in [2.75, 3.05) is 12.4 Å². The second kappa shape index (κ2) is 7.96. The number of thiazole rings is 1. The number of aromatic nitrogens is 1. The number of rotatable bonds is 5. The van der Waals surface area contributed by atoms with Gasteiger partial charge in [-0.1, -0.05) is 29.0 Å². The fraction of sp³-hybridized carbons (Fsp3) is 0.353. The van der Waals surface area contributed by atoms with Crippen molar-refractivity contribution in [1.82, 2.24) is 4.57 Å². The Hall–Kier alpha value is -2.26. The van der Waals surface area contributed by atoms with Gasteiger partial charge in [-0.25, -0.2) is 13.2 Å². The molecule has 140 valence electrons. The van der Waals surface area contributed by atoms with Gasteiger partial charge >= 0.3 is 5.97 Å². The van der Waals surface area contributed by atoms with E-state index in [1.807, 2.05) is 6.92 Å². The number of carbonyl (C=O) groups excluding carboxylic acids is 2. The standard InChI is InChI=1S/C17H20N2O5S2/c1-5-24-16(21)15-12(3)19(4)17(25-15)18-14(20)10-26(22,23)13-8-6-11(2)7-9-13/h6-9H,5,10H2,1-4H3. The normalized spacial score (nSPS) is 12.2. The quantitative estimate of drug-likeness (QED) is 0.718. The molecule has 0 saturated carbocycles. The van der Waals surface area contributed by atoms with Gasteiger partial charge in [-0.2, -0.15) is 4.99 Å². The summed E-state index contributed by atoms with van der Waals surface area (Å²) in [5.74, 6) is -2.02. The number of aryl methyl sites for hydroxylation is 1. The maximum atomic E-state index is 12.3. The van der Waals surface area contributed by atoms with E-state index in [4.69, 9.17) is 4.74 Å². The number of amides is 1. The topological polar surface area (TPSA) is 94.8 Å². The summed E-state index contributed by atoms with van der Waals surface area (Å²) < 4.78 is 31.2. The van der Waals surface area contributed by atoms with Gasteiger partial charge in [-0.15, -0.1) is 0 Å². The molecule has 0 saturated heterocycles. The van der Waals surface area contributed by atoms with Gasteiger partial charge in [0.15, 0.2) is 14.6 Å². The van der Waals surface area contributed by atoms with Crippen LogP contribution in [0.1, 0.15) is 27.9 Å². The van der Waals surface area contributed by atoms with Crippen molar-refractivity contribution in [3.05, 3.63) is 45.2 Å². The van der Waals surface area contributed by atoms with E-state index in [0.717, 1.165) is 16.9 Å². The van der Waals surface area contributed by atoms with Crippen LogP contribution in [0.25, 0.3) is 0 Å². The molecule has 1 aromatic heterocycles. The first-order valence-corrected chi connectivity index (χ1v) is 10.3. The number of ether oxygens (including phenoxy) is 1. The van der Waals surface area contributed by atoms with E-state index in [9.17, 15) is 18.0 Å². The highest BCUT2D eigenvalue weighted by molar-refractivity contribution is 7.92. The number of hydrogen-bond acceptors (Lipinski definition) is 6. The average Bonchev–Trinajstić information content (AvgIpc) is 2.83. The van der Waals surface area contributed by atoms with Crippen molar-refractivity contribution < 1.29 is 22.7 Å².